The summed E-state index contributed by atoms with van der Waals surface area (Å²) in [7, 11) is 0. The number of hydrogen-bond acceptors (Lipinski definition) is 5. The van der Waals surface area contributed by atoms with Crippen molar-refractivity contribution in [2.24, 2.45) is 21.8 Å². The molecular weight excluding hydrogens is 360 g/mol. The normalized spacial score (nSPS) is 28.6. The second-order valence-corrected chi connectivity index (χ2v) is 8.29. The number of allylic oxidation sites excluding steroid dienone is 2. The van der Waals surface area contributed by atoms with Crippen LogP contribution >= 0.6 is 11.8 Å². The molecule has 5 nitrogen and oxygen atoms in total. The fourth-order valence-corrected chi connectivity index (χ4v) is 4.22. The molecule has 1 N–H and O–H groups in total. The molecule has 2 aliphatic carbocycles. The van der Waals surface area contributed by atoms with Crippen LogP contribution < -0.4 is 5.32 Å². The molecule has 4 aliphatic rings. The summed E-state index contributed by atoms with van der Waals surface area (Å²) in [5, 5.41) is 3.08. The lowest BCUT2D eigenvalue weighted by Crippen LogP contribution is -2.43. The SMILES string of the molecule is O=C1NC(CSC2CCOCC2)=NC2=CC(=NCC3CC3)C(F)=C(F)C12. The zero-order valence-electron chi connectivity index (χ0n) is 14.3. The first-order chi connectivity index (χ1) is 12.6. The van der Waals surface area contributed by atoms with Gasteiger partial charge in [0.25, 0.3) is 0 Å². The summed E-state index contributed by atoms with van der Waals surface area (Å²) in [5.74, 6) is -2.50. The number of halogens is 2. The van der Waals surface area contributed by atoms with Crippen molar-refractivity contribution in [2.75, 3.05) is 25.5 Å². The van der Waals surface area contributed by atoms with Gasteiger partial charge in [-0.15, -0.1) is 0 Å². The highest BCUT2D eigenvalue weighted by Crippen LogP contribution is 2.35. The van der Waals surface area contributed by atoms with E-state index in [4.69, 9.17) is 4.74 Å². The maximum absolute atomic E-state index is 14.4. The van der Waals surface area contributed by atoms with Crippen molar-refractivity contribution in [1.29, 1.82) is 0 Å². The number of nitrogens with one attached hydrogen (secondary N) is 1. The Bertz CT molecular complexity index is 722. The molecule has 2 aliphatic heterocycles. The molecule has 2 heterocycles. The highest BCUT2D eigenvalue weighted by atomic mass is 32.2. The Hall–Kier alpha value is -1.54. The van der Waals surface area contributed by atoms with Crippen molar-refractivity contribution >= 4 is 29.2 Å². The van der Waals surface area contributed by atoms with Crippen molar-refractivity contribution in [3.05, 3.63) is 23.4 Å². The number of thioether (sulfide) groups is 1. The van der Waals surface area contributed by atoms with Crippen LogP contribution in [0.1, 0.15) is 25.7 Å². The van der Waals surface area contributed by atoms with E-state index in [1.54, 1.807) is 11.8 Å². The quantitative estimate of drug-likeness (QED) is 0.796. The molecule has 2 fully saturated rings. The molecule has 0 aromatic rings. The number of carbonyl (C=O) groups excluding carboxylic acids is 1. The zero-order valence-corrected chi connectivity index (χ0v) is 15.2. The van der Waals surface area contributed by atoms with E-state index in [2.05, 4.69) is 15.3 Å². The standard InChI is InChI=1S/C18H21F2N3O2S/c19-16-13(21-8-10-1-2-10)7-12-15(17(16)20)18(24)23-14(22-12)9-26-11-3-5-25-6-4-11/h7,10-11,15H,1-6,8-9H2,(H,22,23,24). The second-order valence-electron chi connectivity index (χ2n) is 7.00. The lowest BCUT2D eigenvalue weighted by atomic mass is 9.94. The molecule has 4 rings (SSSR count). The highest BCUT2D eigenvalue weighted by Gasteiger charge is 2.39. The van der Waals surface area contributed by atoms with Crippen molar-refractivity contribution in [2.45, 2.75) is 30.9 Å². The fourth-order valence-electron chi connectivity index (χ4n) is 3.16. The molecule has 0 radical (unpaired) electrons. The molecule has 0 aromatic carbocycles. The first-order valence-corrected chi connectivity index (χ1v) is 10.1. The summed E-state index contributed by atoms with van der Waals surface area (Å²) in [4.78, 5) is 20.9. The Morgan fingerprint density at radius 2 is 2.04 bits per heavy atom. The predicted molar refractivity (Wildman–Crippen MR) is 97.7 cm³/mol. The van der Waals surface area contributed by atoms with Crippen LogP contribution in [0.2, 0.25) is 0 Å². The number of ether oxygens (including phenoxy) is 1. The molecule has 1 saturated heterocycles. The first kappa shape index (κ1) is 17.9. The topological polar surface area (TPSA) is 63.0 Å². The van der Waals surface area contributed by atoms with Crippen LogP contribution in [0.3, 0.4) is 0 Å². The van der Waals surface area contributed by atoms with Crippen molar-refractivity contribution in [3.8, 4) is 0 Å². The molecule has 1 amide bonds. The number of nitrogens with zero attached hydrogens (tertiary/aromatic N) is 2. The Morgan fingerprint density at radius 1 is 1.27 bits per heavy atom. The molecule has 140 valence electrons. The summed E-state index contributed by atoms with van der Waals surface area (Å²) in [6.45, 7) is 1.99. The van der Waals surface area contributed by atoms with Gasteiger partial charge >= 0.3 is 0 Å². The summed E-state index contributed by atoms with van der Waals surface area (Å²) in [6.07, 6.45) is 5.52. The number of amides is 1. The van der Waals surface area contributed by atoms with Crippen LogP contribution in [0, 0.1) is 11.8 Å². The highest BCUT2D eigenvalue weighted by molar-refractivity contribution is 8.00. The summed E-state index contributed by atoms with van der Waals surface area (Å²) in [6, 6.07) is 0. The smallest absolute Gasteiger partial charge is 0.241 e. The summed E-state index contributed by atoms with van der Waals surface area (Å²) >= 11 is 1.71. The van der Waals surface area contributed by atoms with Gasteiger partial charge in [0.1, 0.15) is 11.8 Å². The van der Waals surface area contributed by atoms with Crippen LogP contribution in [0.15, 0.2) is 33.4 Å². The minimum atomic E-state index is -1.30. The Labute approximate surface area is 155 Å². The van der Waals surface area contributed by atoms with Gasteiger partial charge in [-0.25, -0.2) is 13.8 Å². The molecule has 1 saturated carbocycles. The average molecular weight is 381 g/mol. The van der Waals surface area contributed by atoms with E-state index in [1.807, 2.05) is 0 Å². The number of carbonyl (C=O) groups is 1. The molecule has 0 aromatic heterocycles. The Balaban J connectivity index is 1.50. The van der Waals surface area contributed by atoms with Crippen LogP contribution in [0.25, 0.3) is 0 Å². The van der Waals surface area contributed by atoms with E-state index < -0.39 is 23.5 Å². The van der Waals surface area contributed by atoms with Gasteiger partial charge in [-0.05, 0) is 37.7 Å². The van der Waals surface area contributed by atoms with Gasteiger partial charge in [-0.3, -0.25) is 9.79 Å². The summed E-state index contributed by atoms with van der Waals surface area (Å²) < 4.78 is 34.0. The minimum absolute atomic E-state index is 0.0319. The minimum Gasteiger partial charge on any atom is -0.381 e. The Morgan fingerprint density at radius 3 is 2.77 bits per heavy atom. The molecular formula is C18H21F2N3O2S. The molecule has 1 unspecified atom stereocenters. The molecule has 0 bridgehead atoms. The van der Waals surface area contributed by atoms with E-state index in [1.165, 1.54) is 6.08 Å². The van der Waals surface area contributed by atoms with Crippen LogP contribution in [0.4, 0.5) is 8.78 Å². The number of fused-ring (bicyclic) bond motifs is 1. The van der Waals surface area contributed by atoms with Crippen LogP contribution in [-0.4, -0.2) is 48.2 Å². The zero-order chi connectivity index (χ0) is 18.1. The van der Waals surface area contributed by atoms with Gasteiger partial charge in [0.2, 0.25) is 5.91 Å². The van der Waals surface area contributed by atoms with Gasteiger partial charge in [0.15, 0.2) is 11.7 Å². The third-order valence-corrected chi connectivity index (χ3v) is 6.29. The van der Waals surface area contributed by atoms with Crippen molar-refractivity contribution in [3.63, 3.8) is 0 Å². The van der Waals surface area contributed by atoms with Crippen molar-refractivity contribution < 1.29 is 18.3 Å². The Kier molecular flexibility index (Phi) is 5.22. The monoisotopic (exact) mass is 381 g/mol. The molecule has 1 atom stereocenters. The lowest BCUT2D eigenvalue weighted by molar-refractivity contribution is -0.122. The molecule has 8 heteroatoms. The second kappa shape index (κ2) is 7.60. The van der Waals surface area contributed by atoms with Gasteiger partial charge in [-0.2, -0.15) is 11.8 Å². The predicted octanol–water partition coefficient (Wildman–Crippen LogP) is 2.94. The van der Waals surface area contributed by atoms with E-state index >= 15 is 0 Å². The van der Waals surface area contributed by atoms with Crippen LogP contribution in [-0.2, 0) is 9.53 Å². The maximum atomic E-state index is 14.4. The van der Waals surface area contributed by atoms with E-state index in [9.17, 15) is 13.6 Å². The van der Waals surface area contributed by atoms with Gasteiger partial charge in [0.05, 0.1) is 17.2 Å². The maximum Gasteiger partial charge on any atom is 0.241 e. The molecule has 26 heavy (non-hydrogen) atoms. The fraction of sp³-hybridized carbons (Fsp3) is 0.611. The first-order valence-electron chi connectivity index (χ1n) is 9.01. The van der Waals surface area contributed by atoms with E-state index in [-0.39, 0.29) is 11.4 Å². The van der Waals surface area contributed by atoms with Crippen LogP contribution in [0.5, 0.6) is 0 Å². The number of hydrogen-bond donors (Lipinski definition) is 1. The lowest BCUT2D eigenvalue weighted by Gasteiger charge is -2.27. The summed E-state index contributed by atoms with van der Waals surface area (Å²) in [5.41, 5.74) is 0.209. The van der Waals surface area contributed by atoms with Crippen molar-refractivity contribution in [1.82, 2.24) is 5.32 Å². The van der Waals surface area contributed by atoms with E-state index in [0.717, 1.165) is 38.9 Å². The number of amidine groups is 1. The number of rotatable bonds is 5. The molecule has 0 spiro atoms. The largest absolute Gasteiger partial charge is 0.381 e. The number of aliphatic imine (C=N–C) groups is 2. The third kappa shape index (κ3) is 3.91. The van der Waals surface area contributed by atoms with Gasteiger partial charge in [-0.1, -0.05) is 0 Å². The average Bonchev–Trinajstić information content (AvgIpc) is 3.47. The van der Waals surface area contributed by atoms with Gasteiger partial charge < -0.3 is 10.1 Å². The van der Waals surface area contributed by atoms with Gasteiger partial charge in [0, 0.05) is 25.0 Å². The van der Waals surface area contributed by atoms with E-state index in [0.29, 0.717) is 29.3 Å². The third-order valence-electron chi connectivity index (χ3n) is 4.90.